The maximum atomic E-state index is 11.8. The monoisotopic (exact) mass is 284 g/mol. The predicted molar refractivity (Wildman–Crippen MR) is 68.0 cm³/mol. The van der Waals surface area contributed by atoms with Crippen molar-refractivity contribution in [2.45, 2.75) is 38.8 Å². The molecule has 2 N–H and O–H groups in total. The predicted octanol–water partition coefficient (Wildman–Crippen LogP) is 0.551. The van der Waals surface area contributed by atoms with Gasteiger partial charge in [0.2, 0.25) is 5.91 Å². The summed E-state index contributed by atoms with van der Waals surface area (Å²) in [7, 11) is 0. The number of aromatic nitrogens is 2. The van der Waals surface area contributed by atoms with E-state index in [1.54, 1.807) is 0 Å². The summed E-state index contributed by atoms with van der Waals surface area (Å²) in [5.41, 5.74) is -1.36. The molecule has 0 aliphatic heterocycles. The van der Waals surface area contributed by atoms with Gasteiger partial charge in [-0.25, -0.2) is 4.79 Å². The number of amides is 1. The van der Waals surface area contributed by atoms with E-state index in [9.17, 15) is 19.7 Å². The molecule has 1 amide bonds. The Morgan fingerprint density at radius 1 is 1.60 bits per heavy atom. The topological polar surface area (TPSA) is 127 Å². The number of nitrogens with one attached hydrogen (secondary N) is 1. The summed E-state index contributed by atoms with van der Waals surface area (Å²) in [4.78, 5) is 32.7. The van der Waals surface area contributed by atoms with Gasteiger partial charge >= 0.3 is 11.8 Å². The zero-order valence-electron chi connectivity index (χ0n) is 11.2. The first-order valence-corrected chi connectivity index (χ1v) is 6.00. The number of aliphatic carboxylic acids is 1. The maximum Gasteiger partial charge on any atom is 0.389 e. The van der Waals surface area contributed by atoms with Crippen molar-refractivity contribution in [2.24, 2.45) is 0 Å². The molecule has 0 aliphatic rings. The Morgan fingerprint density at radius 2 is 2.25 bits per heavy atom. The molecule has 0 bridgehead atoms. The smallest absolute Gasteiger partial charge is 0.389 e. The number of hydrogen-bond acceptors (Lipinski definition) is 5. The number of rotatable bonds is 7. The number of nitro groups is 1. The average Bonchev–Trinajstić information content (AvgIpc) is 2.77. The number of carbonyl (C=O) groups excluding carboxylic acids is 1. The second-order valence-electron chi connectivity index (χ2n) is 4.56. The molecule has 0 saturated carbocycles. The van der Waals surface area contributed by atoms with Crippen molar-refractivity contribution < 1.29 is 19.6 Å². The lowest BCUT2D eigenvalue weighted by Gasteiger charge is -2.25. The van der Waals surface area contributed by atoms with Crippen molar-refractivity contribution in [3.05, 3.63) is 22.4 Å². The first kappa shape index (κ1) is 15.6. The second-order valence-corrected chi connectivity index (χ2v) is 4.56. The SMILES string of the molecule is CCCC(C)(NC(=O)Cn1ccc([N+](=O)[O-])n1)C(=O)O. The molecule has 0 aromatic carbocycles. The van der Waals surface area contributed by atoms with E-state index in [-0.39, 0.29) is 18.8 Å². The van der Waals surface area contributed by atoms with Gasteiger partial charge in [0.1, 0.15) is 12.1 Å². The summed E-state index contributed by atoms with van der Waals surface area (Å²) < 4.78 is 1.09. The molecule has 0 spiro atoms. The normalized spacial score (nSPS) is 13.5. The van der Waals surface area contributed by atoms with Gasteiger partial charge in [-0.1, -0.05) is 13.3 Å². The van der Waals surface area contributed by atoms with Gasteiger partial charge in [0, 0.05) is 0 Å². The van der Waals surface area contributed by atoms with Crippen LogP contribution in [0.5, 0.6) is 0 Å². The molecule has 0 radical (unpaired) electrons. The van der Waals surface area contributed by atoms with Crippen LogP contribution in [0.4, 0.5) is 5.82 Å². The van der Waals surface area contributed by atoms with Crippen LogP contribution in [0.3, 0.4) is 0 Å². The van der Waals surface area contributed by atoms with Crippen molar-refractivity contribution in [1.82, 2.24) is 15.1 Å². The summed E-state index contributed by atoms with van der Waals surface area (Å²) in [5, 5.41) is 25.6. The van der Waals surface area contributed by atoms with Crippen molar-refractivity contribution in [2.75, 3.05) is 0 Å². The summed E-state index contributed by atoms with van der Waals surface area (Å²) in [6.45, 7) is 2.95. The molecule has 1 aromatic heterocycles. The molecule has 110 valence electrons. The van der Waals surface area contributed by atoms with Crippen LogP contribution in [-0.4, -0.2) is 37.2 Å². The molecule has 0 fully saturated rings. The largest absolute Gasteiger partial charge is 0.480 e. The molecule has 1 atom stereocenters. The number of nitrogens with zero attached hydrogens (tertiary/aromatic N) is 3. The molecular weight excluding hydrogens is 268 g/mol. The average molecular weight is 284 g/mol. The van der Waals surface area contributed by atoms with Crippen LogP contribution < -0.4 is 5.32 Å². The van der Waals surface area contributed by atoms with Gasteiger partial charge in [-0.05, 0) is 18.3 Å². The zero-order valence-corrected chi connectivity index (χ0v) is 11.2. The van der Waals surface area contributed by atoms with Gasteiger partial charge < -0.3 is 20.5 Å². The minimum Gasteiger partial charge on any atom is -0.480 e. The standard InChI is InChI=1S/C11H16N4O5/c1-3-5-11(2,10(17)18)12-9(16)7-14-6-4-8(13-14)15(19)20/h4,6H,3,5,7H2,1-2H3,(H,12,16)(H,17,18). The van der Waals surface area contributed by atoms with Gasteiger partial charge in [0.05, 0.1) is 17.4 Å². The quantitative estimate of drug-likeness (QED) is 0.556. The molecular formula is C11H16N4O5. The Bertz CT molecular complexity index is 527. The summed E-state index contributed by atoms with van der Waals surface area (Å²) in [6, 6.07) is 1.16. The van der Waals surface area contributed by atoms with Crippen LogP contribution in [0.25, 0.3) is 0 Å². The van der Waals surface area contributed by atoms with Crippen LogP contribution in [-0.2, 0) is 16.1 Å². The first-order chi connectivity index (χ1) is 9.28. The third-order valence-corrected chi connectivity index (χ3v) is 2.76. The summed E-state index contributed by atoms with van der Waals surface area (Å²) in [5.74, 6) is -2.06. The Labute approximate surface area is 114 Å². The number of carbonyl (C=O) groups is 2. The lowest BCUT2D eigenvalue weighted by molar-refractivity contribution is -0.389. The Balaban J connectivity index is 2.70. The van der Waals surface area contributed by atoms with Crippen molar-refractivity contribution in [1.29, 1.82) is 0 Å². The van der Waals surface area contributed by atoms with Crippen LogP contribution in [0.15, 0.2) is 12.3 Å². The fourth-order valence-electron chi connectivity index (χ4n) is 1.75. The molecule has 0 saturated heterocycles. The van der Waals surface area contributed by atoms with Crippen LogP contribution in [0.2, 0.25) is 0 Å². The molecule has 1 heterocycles. The molecule has 1 rings (SSSR count). The van der Waals surface area contributed by atoms with E-state index < -0.39 is 22.3 Å². The number of hydrogen-bond donors (Lipinski definition) is 2. The third kappa shape index (κ3) is 3.77. The highest BCUT2D eigenvalue weighted by Crippen LogP contribution is 2.13. The lowest BCUT2D eigenvalue weighted by atomic mass is 9.96. The highest BCUT2D eigenvalue weighted by Gasteiger charge is 2.34. The minimum atomic E-state index is -1.36. The second kappa shape index (κ2) is 6.13. The third-order valence-electron chi connectivity index (χ3n) is 2.76. The number of carboxylic acids is 1. The molecule has 9 nitrogen and oxygen atoms in total. The fourth-order valence-corrected chi connectivity index (χ4v) is 1.75. The van der Waals surface area contributed by atoms with Crippen molar-refractivity contribution in [3.63, 3.8) is 0 Å². The van der Waals surface area contributed by atoms with Crippen molar-refractivity contribution in [3.8, 4) is 0 Å². The Hall–Kier alpha value is -2.45. The Morgan fingerprint density at radius 3 is 2.70 bits per heavy atom. The van der Waals surface area contributed by atoms with Gasteiger partial charge in [0.25, 0.3) is 0 Å². The molecule has 9 heteroatoms. The minimum absolute atomic E-state index is 0.277. The number of carboxylic acid groups (broad SMARTS) is 1. The summed E-state index contributed by atoms with van der Waals surface area (Å²) in [6.07, 6.45) is 2.17. The van der Waals surface area contributed by atoms with E-state index in [0.717, 1.165) is 10.7 Å². The van der Waals surface area contributed by atoms with E-state index in [0.29, 0.717) is 6.42 Å². The highest BCUT2D eigenvalue weighted by atomic mass is 16.6. The van der Waals surface area contributed by atoms with Crippen LogP contribution >= 0.6 is 0 Å². The van der Waals surface area contributed by atoms with Gasteiger partial charge in [-0.15, -0.1) is 0 Å². The van der Waals surface area contributed by atoms with E-state index >= 15 is 0 Å². The van der Waals surface area contributed by atoms with E-state index in [1.165, 1.54) is 13.1 Å². The van der Waals surface area contributed by atoms with E-state index in [1.807, 2.05) is 6.92 Å². The Kier molecular flexibility index (Phi) is 4.78. The van der Waals surface area contributed by atoms with E-state index in [2.05, 4.69) is 10.4 Å². The van der Waals surface area contributed by atoms with Crippen LogP contribution in [0.1, 0.15) is 26.7 Å². The van der Waals surface area contributed by atoms with Gasteiger partial charge in [0.15, 0.2) is 0 Å². The zero-order chi connectivity index (χ0) is 15.3. The maximum absolute atomic E-state index is 11.8. The molecule has 1 unspecified atom stereocenters. The van der Waals surface area contributed by atoms with Gasteiger partial charge in [-0.3, -0.25) is 4.79 Å². The summed E-state index contributed by atoms with van der Waals surface area (Å²) >= 11 is 0. The molecule has 20 heavy (non-hydrogen) atoms. The van der Waals surface area contributed by atoms with Crippen molar-refractivity contribution >= 4 is 17.7 Å². The fraction of sp³-hybridized carbons (Fsp3) is 0.545. The molecule has 0 aliphatic carbocycles. The molecule has 1 aromatic rings. The lowest BCUT2D eigenvalue weighted by Crippen LogP contribution is -2.52. The first-order valence-electron chi connectivity index (χ1n) is 6.00. The van der Waals surface area contributed by atoms with Crippen LogP contribution in [0, 0.1) is 10.1 Å². The van der Waals surface area contributed by atoms with E-state index in [4.69, 9.17) is 5.11 Å². The van der Waals surface area contributed by atoms with Gasteiger partial charge in [-0.2, -0.15) is 4.68 Å². The highest BCUT2D eigenvalue weighted by molar-refractivity contribution is 5.86.